The highest BCUT2D eigenvalue weighted by Crippen LogP contribution is 2.29. The molecule has 1 amide bonds. The van der Waals surface area contributed by atoms with Crippen LogP contribution in [0.2, 0.25) is 0 Å². The smallest absolute Gasteiger partial charge is 0.278 e. The van der Waals surface area contributed by atoms with Gasteiger partial charge in [-0.15, -0.1) is 0 Å². The van der Waals surface area contributed by atoms with Crippen LogP contribution in [0.5, 0.6) is 0 Å². The topological polar surface area (TPSA) is 41.1 Å². The number of carbonyl (C=O) groups is 1. The van der Waals surface area contributed by atoms with Gasteiger partial charge in [0, 0.05) is 22.7 Å². The van der Waals surface area contributed by atoms with Crippen LogP contribution in [0.3, 0.4) is 0 Å². The van der Waals surface area contributed by atoms with E-state index in [1.165, 1.54) is 29.8 Å². The van der Waals surface area contributed by atoms with Crippen LogP contribution in [0.15, 0.2) is 47.4 Å². The van der Waals surface area contributed by atoms with Crippen LogP contribution < -0.4 is 10.6 Å². The summed E-state index contributed by atoms with van der Waals surface area (Å²) in [6.07, 6.45) is -2.07. The number of alkyl halides is 3. The number of hydrogen-bond acceptors (Lipinski definition) is 3. The van der Waals surface area contributed by atoms with E-state index in [1.54, 1.807) is 0 Å². The molecule has 1 aliphatic rings. The van der Waals surface area contributed by atoms with Gasteiger partial charge in [-0.1, -0.05) is 23.9 Å². The van der Waals surface area contributed by atoms with Crippen molar-refractivity contribution in [3.8, 4) is 0 Å². The molecule has 3 nitrogen and oxygen atoms in total. The summed E-state index contributed by atoms with van der Waals surface area (Å²) in [6.45, 7) is 2.83. The van der Waals surface area contributed by atoms with Gasteiger partial charge in [0.05, 0.1) is 6.04 Å². The van der Waals surface area contributed by atoms with Crippen molar-refractivity contribution in [1.82, 2.24) is 5.32 Å². The van der Waals surface area contributed by atoms with Gasteiger partial charge in [-0.25, -0.2) is 13.2 Å². The number of nitrogens with one attached hydrogen (secondary N) is 2. The van der Waals surface area contributed by atoms with Crippen molar-refractivity contribution in [2.45, 2.75) is 36.2 Å². The largest absolute Gasteiger partial charge is 0.384 e. The Kier molecular flexibility index (Phi) is 5.76. The van der Waals surface area contributed by atoms with Crippen molar-refractivity contribution >= 4 is 23.4 Å². The first-order valence-electron chi connectivity index (χ1n) is 8.30. The van der Waals surface area contributed by atoms with E-state index < -0.39 is 11.9 Å². The van der Waals surface area contributed by atoms with Crippen molar-refractivity contribution in [2.75, 3.05) is 11.9 Å². The van der Waals surface area contributed by atoms with Gasteiger partial charge in [0.25, 0.3) is 12.3 Å². The van der Waals surface area contributed by atoms with Crippen molar-refractivity contribution in [2.24, 2.45) is 0 Å². The Hall–Kier alpha value is -2.15. The van der Waals surface area contributed by atoms with Crippen molar-refractivity contribution in [3.05, 3.63) is 59.2 Å². The maximum atomic E-state index is 13.1. The second-order valence-corrected chi connectivity index (χ2v) is 7.27. The van der Waals surface area contributed by atoms with E-state index in [0.717, 1.165) is 24.2 Å². The van der Waals surface area contributed by atoms with Gasteiger partial charge in [-0.2, -0.15) is 0 Å². The molecule has 0 fully saturated rings. The van der Waals surface area contributed by atoms with Gasteiger partial charge in [0.2, 0.25) is 5.50 Å². The molecule has 138 valence electrons. The van der Waals surface area contributed by atoms with E-state index in [2.05, 4.69) is 16.7 Å². The Morgan fingerprint density at radius 2 is 1.88 bits per heavy atom. The highest BCUT2D eigenvalue weighted by molar-refractivity contribution is 7.99. The molecule has 2 aromatic rings. The maximum Gasteiger partial charge on any atom is 0.278 e. The summed E-state index contributed by atoms with van der Waals surface area (Å²) in [6, 6.07) is 11.9. The van der Waals surface area contributed by atoms with E-state index >= 15 is 0 Å². The normalized spacial score (nSPS) is 15.3. The Balaban J connectivity index is 1.62. The zero-order valence-corrected chi connectivity index (χ0v) is 15.0. The number of thioether (sulfide) groups is 1. The second-order valence-electron chi connectivity index (χ2n) is 6.12. The first-order chi connectivity index (χ1) is 12.4. The minimum Gasteiger partial charge on any atom is -0.384 e. The number of benzene rings is 2. The summed E-state index contributed by atoms with van der Waals surface area (Å²) in [5, 5.41) is 6.22. The van der Waals surface area contributed by atoms with Gasteiger partial charge < -0.3 is 10.6 Å². The summed E-state index contributed by atoms with van der Waals surface area (Å²) >= 11 is 0.440. The Bertz CT molecular complexity index is 783. The van der Waals surface area contributed by atoms with Crippen LogP contribution in [0.1, 0.15) is 34.5 Å². The third-order valence-electron chi connectivity index (χ3n) is 4.25. The highest BCUT2D eigenvalue weighted by Gasteiger charge is 2.20. The zero-order chi connectivity index (χ0) is 18.7. The number of carbonyl (C=O) groups excluding carboxylic acids is 1. The maximum absolute atomic E-state index is 13.1. The fraction of sp³-hybridized carbons (Fsp3) is 0.316. The third-order valence-corrected chi connectivity index (χ3v) is 5.23. The molecular formula is C19H19F3N2OS. The van der Waals surface area contributed by atoms with Gasteiger partial charge in [-0.3, -0.25) is 4.79 Å². The van der Waals surface area contributed by atoms with Crippen LogP contribution in [0, 0.1) is 0 Å². The predicted molar refractivity (Wildman–Crippen MR) is 97.7 cm³/mol. The van der Waals surface area contributed by atoms with Gasteiger partial charge >= 0.3 is 0 Å². The number of amides is 1. The molecule has 26 heavy (non-hydrogen) atoms. The minimum atomic E-state index is -3.04. The van der Waals surface area contributed by atoms with Crippen LogP contribution >= 0.6 is 11.8 Å². The molecule has 2 N–H and O–H groups in total. The van der Waals surface area contributed by atoms with Crippen molar-refractivity contribution in [1.29, 1.82) is 0 Å². The predicted octanol–water partition coefficient (Wildman–Crippen LogP) is 4.80. The molecule has 1 aliphatic heterocycles. The molecule has 0 aromatic heterocycles. The fourth-order valence-electron chi connectivity index (χ4n) is 2.82. The molecule has 7 heteroatoms. The van der Waals surface area contributed by atoms with E-state index in [4.69, 9.17) is 0 Å². The van der Waals surface area contributed by atoms with Crippen LogP contribution in [0.4, 0.5) is 18.9 Å². The average Bonchev–Trinajstić information content (AvgIpc) is 3.09. The number of halogens is 3. The Morgan fingerprint density at radius 3 is 2.58 bits per heavy atom. The number of hydrogen-bond donors (Lipinski definition) is 2. The summed E-state index contributed by atoms with van der Waals surface area (Å²) in [4.78, 5) is 12.7. The molecule has 0 bridgehead atoms. The molecule has 0 saturated carbocycles. The third kappa shape index (κ3) is 4.33. The minimum absolute atomic E-state index is 0.170. The lowest BCUT2D eigenvalue weighted by Gasteiger charge is -2.16. The number of fused-ring (bicyclic) bond motifs is 1. The Morgan fingerprint density at radius 1 is 1.15 bits per heavy atom. The van der Waals surface area contributed by atoms with Crippen molar-refractivity contribution in [3.63, 3.8) is 0 Å². The molecule has 2 aromatic carbocycles. The SMILES string of the molecule is CC(NC(=O)c1ccc(SC(F)C(F)F)cc1)c1ccc2c(c1)CCN2. The molecule has 0 spiro atoms. The van der Waals surface area contributed by atoms with Crippen LogP contribution in [-0.4, -0.2) is 24.4 Å². The first kappa shape index (κ1) is 18.6. The van der Waals surface area contributed by atoms with E-state index in [-0.39, 0.29) is 11.9 Å². The molecule has 2 unspecified atom stereocenters. The first-order valence-corrected chi connectivity index (χ1v) is 9.18. The summed E-state index contributed by atoms with van der Waals surface area (Å²) in [5.41, 5.74) is 1.52. The molecular weight excluding hydrogens is 361 g/mol. The molecule has 2 atom stereocenters. The molecule has 0 radical (unpaired) electrons. The average molecular weight is 380 g/mol. The molecule has 3 rings (SSSR count). The highest BCUT2D eigenvalue weighted by atomic mass is 32.2. The van der Waals surface area contributed by atoms with Crippen molar-refractivity contribution < 1.29 is 18.0 Å². The number of rotatable bonds is 6. The van der Waals surface area contributed by atoms with E-state index in [1.807, 2.05) is 19.1 Å². The van der Waals surface area contributed by atoms with E-state index in [0.29, 0.717) is 22.2 Å². The monoisotopic (exact) mass is 380 g/mol. The van der Waals surface area contributed by atoms with E-state index in [9.17, 15) is 18.0 Å². The molecule has 0 saturated heterocycles. The summed E-state index contributed by atoms with van der Waals surface area (Å²) in [7, 11) is 0. The quantitative estimate of drug-likeness (QED) is 0.708. The summed E-state index contributed by atoms with van der Waals surface area (Å²) in [5.74, 6) is -0.265. The van der Waals surface area contributed by atoms with Crippen LogP contribution in [-0.2, 0) is 6.42 Å². The lowest BCUT2D eigenvalue weighted by molar-refractivity contribution is 0.0937. The Labute approximate surface area is 154 Å². The fourth-order valence-corrected chi connectivity index (χ4v) is 3.48. The zero-order valence-electron chi connectivity index (χ0n) is 14.1. The molecule has 1 heterocycles. The lowest BCUT2D eigenvalue weighted by Crippen LogP contribution is -2.26. The lowest BCUT2D eigenvalue weighted by atomic mass is 10.0. The molecule has 0 aliphatic carbocycles. The van der Waals surface area contributed by atoms with Gasteiger partial charge in [-0.05, 0) is 54.8 Å². The summed E-state index contributed by atoms with van der Waals surface area (Å²) < 4.78 is 37.5. The second kappa shape index (κ2) is 8.03. The number of anilines is 1. The van der Waals surface area contributed by atoms with Gasteiger partial charge in [0.1, 0.15) is 0 Å². The standard InChI is InChI=1S/C19H19F3N2OS/c1-11(13-4-7-16-14(10-13)8-9-23-16)24-19(25)12-2-5-15(6-3-12)26-18(22)17(20)21/h2-7,10-11,17-18,23H,8-9H2,1H3,(H,24,25). The van der Waals surface area contributed by atoms with Gasteiger partial charge in [0.15, 0.2) is 0 Å². The van der Waals surface area contributed by atoms with Crippen LogP contribution in [0.25, 0.3) is 0 Å².